The molecule has 0 aromatic heterocycles. The number of sulfonamides is 1. The number of benzene rings is 2. The normalized spacial score (nSPS) is 16.2. The van der Waals surface area contributed by atoms with E-state index in [9.17, 15) is 18.0 Å². The molecule has 1 atom stereocenters. The highest BCUT2D eigenvalue weighted by Gasteiger charge is 2.41. The van der Waals surface area contributed by atoms with Crippen LogP contribution in [-0.4, -0.2) is 40.2 Å². The highest BCUT2D eigenvalue weighted by molar-refractivity contribution is 7.94. The molecule has 1 aliphatic heterocycles. The van der Waals surface area contributed by atoms with E-state index in [-0.39, 0.29) is 28.6 Å². The van der Waals surface area contributed by atoms with Crippen molar-refractivity contribution in [3.63, 3.8) is 0 Å². The van der Waals surface area contributed by atoms with Gasteiger partial charge in [0.05, 0.1) is 18.0 Å². The number of urea groups is 1. The highest BCUT2D eigenvalue weighted by Crippen LogP contribution is 2.38. The van der Waals surface area contributed by atoms with Crippen molar-refractivity contribution in [1.82, 2.24) is 0 Å². The molecule has 1 aliphatic rings. The van der Waals surface area contributed by atoms with Crippen LogP contribution in [0.1, 0.15) is 19.4 Å². The van der Waals surface area contributed by atoms with Crippen LogP contribution in [0, 0.1) is 6.92 Å². The molecule has 3 rings (SSSR count). The zero-order valence-electron chi connectivity index (χ0n) is 16.6. The summed E-state index contributed by atoms with van der Waals surface area (Å²) in [6.45, 7) is 5.31. The van der Waals surface area contributed by atoms with Crippen molar-refractivity contribution in [2.45, 2.75) is 31.8 Å². The van der Waals surface area contributed by atoms with Crippen LogP contribution in [0.5, 0.6) is 5.75 Å². The Morgan fingerprint density at radius 1 is 1.14 bits per heavy atom. The zero-order chi connectivity index (χ0) is 21.3. The van der Waals surface area contributed by atoms with E-state index >= 15 is 0 Å². The predicted octanol–water partition coefficient (Wildman–Crippen LogP) is 3.09. The maximum absolute atomic E-state index is 13.1. The van der Waals surface area contributed by atoms with Crippen molar-refractivity contribution in [1.29, 1.82) is 0 Å². The summed E-state index contributed by atoms with van der Waals surface area (Å²) in [5, 5.41) is 0. The largest absolute Gasteiger partial charge is 0.479 e. The number of ether oxygens (including phenoxy) is 2. The van der Waals surface area contributed by atoms with E-state index in [0.717, 1.165) is 9.87 Å². The first-order valence-electron chi connectivity index (χ1n) is 9.04. The van der Waals surface area contributed by atoms with E-state index in [1.165, 1.54) is 37.1 Å². The fourth-order valence-corrected chi connectivity index (χ4v) is 4.56. The average Bonchev–Trinajstić information content (AvgIpc) is 2.68. The van der Waals surface area contributed by atoms with Crippen LogP contribution in [0.2, 0.25) is 0 Å². The van der Waals surface area contributed by atoms with Gasteiger partial charge in [-0.25, -0.2) is 18.0 Å². The maximum Gasteiger partial charge on any atom is 0.347 e. The molecule has 9 heteroatoms. The molecule has 0 fully saturated rings. The summed E-state index contributed by atoms with van der Waals surface area (Å²) in [6.07, 6.45) is -0.877. The number of amides is 2. The van der Waals surface area contributed by atoms with Crippen molar-refractivity contribution >= 4 is 33.4 Å². The summed E-state index contributed by atoms with van der Waals surface area (Å²) >= 11 is 0. The van der Waals surface area contributed by atoms with Gasteiger partial charge in [0.1, 0.15) is 10.6 Å². The number of fused-ring (bicyclic) bond motifs is 1. The van der Waals surface area contributed by atoms with Crippen molar-refractivity contribution in [3.8, 4) is 5.75 Å². The lowest BCUT2D eigenvalue weighted by Gasteiger charge is -2.34. The van der Waals surface area contributed by atoms with Crippen LogP contribution < -0.4 is 13.9 Å². The third kappa shape index (κ3) is 3.77. The third-order valence-electron chi connectivity index (χ3n) is 4.47. The second kappa shape index (κ2) is 7.75. The van der Waals surface area contributed by atoms with Gasteiger partial charge in [0, 0.05) is 13.1 Å². The summed E-state index contributed by atoms with van der Waals surface area (Å²) in [6, 6.07) is 10.2. The second-order valence-electron chi connectivity index (χ2n) is 6.59. The summed E-state index contributed by atoms with van der Waals surface area (Å²) in [4.78, 5) is 25.8. The van der Waals surface area contributed by atoms with E-state index in [1.54, 1.807) is 31.2 Å². The number of nitrogens with zero attached hydrogens (tertiary/aromatic N) is 2. The topological polar surface area (TPSA) is 93.2 Å². The molecule has 2 aromatic carbocycles. The molecule has 0 radical (unpaired) electrons. The fourth-order valence-electron chi connectivity index (χ4n) is 2.93. The molecule has 0 N–H and O–H groups in total. The molecule has 2 amide bonds. The Bertz CT molecular complexity index is 1050. The minimum Gasteiger partial charge on any atom is -0.479 e. The Labute approximate surface area is 169 Å². The van der Waals surface area contributed by atoms with E-state index < -0.39 is 28.1 Å². The molecule has 0 aliphatic carbocycles. The van der Waals surface area contributed by atoms with Gasteiger partial charge in [-0.05, 0) is 45.0 Å². The van der Waals surface area contributed by atoms with Gasteiger partial charge in [-0.15, -0.1) is 0 Å². The van der Waals surface area contributed by atoms with Gasteiger partial charge in [-0.1, -0.05) is 17.7 Å². The van der Waals surface area contributed by atoms with Gasteiger partial charge >= 0.3 is 12.0 Å². The van der Waals surface area contributed by atoms with Crippen molar-refractivity contribution in [2.24, 2.45) is 0 Å². The Morgan fingerprint density at radius 3 is 2.41 bits per heavy atom. The van der Waals surface area contributed by atoms with Crippen LogP contribution in [-0.2, 0) is 19.6 Å². The van der Waals surface area contributed by atoms with Crippen LogP contribution in [0.3, 0.4) is 0 Å². The lowest BCUT2D eigenvalue weighted by Crippen LogP contribution is -2.49. The molecular weight excluding hydrogens is 396 g/mol. The van der Waals surface area contributed by atoms with Crippen LogP contribution in [0.4, 0.5) is 16.2 Å². The summed E-state index contributed by atoms with van der Waals surface area (Å²) in [7, 11) is -2.62. The van der Waals surface area contributed by atoms with Gasteiger partial charge < -0.3 is 9.47 Å². The van der Waals surface area contributed by atoms with Crippen molar-refractivity contribution in [2.75, 3.05) is 22.9 Å². The minimum atomic E-state index is -4.11. The number of esters is 1. The quantitative estimate of drug-likeness (QED) is 0.693. The van der Waals surface area contributed by atoms with Crippen LogP contribution in [0.15, 0.2) is 47.4 Å². The smallest absolute Gasteiger partial charge is 0.347 e. The Kier molecular flexibility index (Phi) is 5.52. The Morgan fingerprint density at radius 2 is 1.79 bits per heavy atom. The molecule has 1 heterocycles. The minimum absolute atomic E-state index is 0.0312. The van der Waals surface area contributed by atoms with Gasteiger partial charge in [0.2, 0.25) is 0 Å². The number of carbonyl (C=O) groups is 2. The van der Waals surface area contributed by atoms with Crippen LogP contribution in [0.25, 0.3) is 0 Å². The Balaban J connectivity index is 1.99. The Hall–Kier alpha value is -3.07. The molecule has 0 saturated carbocycles. The number of rotatable bonds is 5. The number of hydrogen-bond acceptors (Lipinski definition) is 6. The first kappa shape index (κ1) is 20.7. The number of anilines is 2. The average molecular weight is 418 g/mol. The van der Waals surface area contributed by atoms with Gasteiger partial charge in [0.25, 0.3) is 10.0 Å². The monoisotopic (exact) mass is 418 g/mol. The number of aryl methyl sites for hydroxylation is 1. The summed E-state index contributed by atoms with van der Waals surface area (Å²) in [5.41, 5.74) is 1.38. The first-order chi connectivity index (χ1) is 13.7. The second-order valence-corrected chi connectivity index (χ2v) is 8.34. The third-order valence-corrected chi connectivity index (χ3v) is 6.22. The molecule has 0 bridgehead atoms. The molecule has 0 unspecified atom stereocenters. The van der Waals surface area contributed by atoms with E-state index in [0.29, 0.717) is 0 Å². The lowest BCUT2D eigenvalue weighted by atomic mass is 10.2. The van der Waals surface area contributed by atoms with E-state index in [2.05, 4.69) is 0 Å². The van der Waals surface area contributed by atoms with Gasteiger partial charge in [-0.3, -0.25) is 4.90 Å². The van der Waals surface area contributed by atoms with Crippen molar-refractivity contribution < 1.29 is 27.5 Å². The molecule has 2 aromatic rings. The van der Waals surface area contributed by atoms with E-state index in [4.69, 9.17) is 9.47 Å². The summed E-state index contributed by atoms with van der Waals surface area (Å²) in [5.74, 6) is -0.282. The molecule has 154 valence electrons. The molecular formula is C20H22N2O6S. The van der Waals surface area contributed by atoms with Crippen LogP contribution >= 0.6 is 0 Å². The highest BCUT2D eigenvalue weighted by atomic mass is 32.2. The lowest BCUT2D eigenvalue weighted by molar-refractivity contribution is -0.150. The molecule has 29 heavy (non-hydrogen) atoms. The SMILES string of the molecule is CCOC(=O)[C@@H](C)Oc1ccc2c(c1)N(C)C(=O)N(c1ccc(C)cc1)S2(=O)=O. The number of hydrogen-bond donors (Lipinski definition) is 0. The predicted molar refractivity (Wildman–Crippen MR) is 108 cm³/mol. The van der Waals surface area contributed by atoms with Crippen molar-refractivity contribution in [3.05, 3.63) is 48.0 Å². The standard InChI is InChI=1S/C20H22N2O6S/c1-5-27-19(23)14(3)28-16-10-11-18-17(12-16)21(4)20(24)22(29(18,25)26)15-8-6-13(2)7-9-15/h6-12,14H,5H2,1-4H3/t14-/m1/s1. The first-order valence-corrected chi connectivity index (χ1v) is 10.5. The van der Waals surface area contributed by atoms with Gasteiger partial charge in [0.15, 0.2) is 6.10 Å². The molecule has 0 saturated heterocycles. The molecule has 0 spiro atoms. The van der Waals surface area contributed by atoms with Gasteiger partial charge in [-0.2, -0.15) is 4.31 Å². The summed E-state index contributed by atoms with van der Waals surface area (Å²) < 4.78 is 37.5. The van der Waals surface area contributed by atoms with E-state index in [1.807, 2.05) is 6.92 Å². The zero-order valence-corrected chi connectivity index (χ0v) is 17.4. The fraction of sp³-hybridized carbons (Fsp3) is 0.300. The maximum atomic E-state index is 13.1. The molecule has 8 nitrogen and oxygen atoms in total. The number of carbonyl (C=O) groups excluding carboxylic acids is 2.